The summed E-state index contributed by atoms with van der Waals surface area (Å²) in [4.78, 5) is 12.7. The molecule has 4 heteroatoms. The standard InChI is InChI=1S/C29H39ClO3/c1-19(31)27(3)13-12-25-23-10-7-21-17-29(32,33-18-20-5-8-22(30)9-6-20)16-15-26(21,2)24(23)11-14-28(25,27)4/h5-9,23-25,32H,10-18H2,1-4H3. The van der Waals surface area contributed by atoms with Crippen molar-refractivity contribution in [3.63, 3.8) is 0 Å². The number of rotatable bonds is 4. The predicted octanol–water partition coefficient (Wildman–Crippen LogP) is 7.10. The molecule has 0 aromatic heterocycles. The molecule has 7 unspecified atom stereocenters. The van der Waals surface area contributed by atoms with Crippen molar-refractivity contribution in [1.82, 2.24) is 0 Å². The third-order valence-corrected chi connectivity index (χ3v) is 11.2. The highest BCUT2D eigenvalue weighted by Crippen LogP contribution is 2.70. The van der Waals surface area contributed by atoms with Crippen molar-refractivity contribution in [2.75, 3.05) is 0 Å². The number of fused-ring (bicyclic) bond motifs is 5. The van der Waals surface area contributed by atoms with E-state index in [4.69, 9.17) is 16.3 Å². The van der Waals surface area contributed by atoms with Crippen LogP contribution in [0, 0.1) is 34.0 Å². The molecule has 1 aromatic rings. The smallest absolute Gasteiger partial charge is 0.169 e. The van der Waals surface area contributed by atoms with Crippen LogP contribution in [-0.2, 0) is 16.1 Å². The zero-order chi connectivity index (χ0) is 23.6. The summed E-state index contributed by atoms with van der Waals surface area (Å²) in [6, 6.07) is 7.64. The third kappa shape index (κ3) is 3.56. The molecule has 0 heterocycles. The number of hydrogen-bond acceptors (Lipinski definition) is 3. The summed E-state index contributed by atoms with van der Waals surface area (Å²) in [5, 5.41) is 12.0. The van der Waals surface area contributed by atoms with E-state index >= 15 is 0 Å². The Bertz CT molecular complexity index is 970. The summed E-state index contributed by atoms with van der Waals surface area (Å²) in [6.45, 7) is 9.30. The van der Waals surface area contributed by atoms with Crippen LogP contribution in [0.15, 0.2) is 35.9 Å². The highest BCUT2D eigenvalue weighted by atomic mass is 35.5. The van der Waals surface area contributed by atoms with E-state index in [9.17, 15) is 9.90 Å². The molecule has 0 bridgehead atoms. The Morgan fingerprint density at radius 1 is 1.06 bits per heavy atom. The van der Waals surface area contributed by atoms with Crippen LogP contribution in [-0.4, -0.2) is 16.7 Å². The molecule has 0 radical (unpaired) electrons. The van der Waals surface area contributed by atoms with E-state index in [0.29, 0.717) is 48.0 Å². The van der Waals surface area contributed by atoms with Crippen LogP contribution in [0.4, 0.5) is 0 Å². The van der Waals surface area contributed by atoms with Gasteiger partial charge in [-0.3, -0.25) is 4.79 Å². The SMILES string of the molecule is CC(=O)C1(C)CCC2C3CC=C4CC(O)(OCc5ccc(Cl)cc5)CCC4(C)C3CCC21C. The molecule has 0 aliphatic heterocycles. The molecule has 7 atom stereocenters. The second kappa shape index (κ2) is 7.93. The Morgan fingerprint density at radius 3 is 2.45 bits per heavy atom. The molecule has 33 heavy (non-hydrogen) atoms. The Kier molecular flexibility index (Phi) is 5.67. The first-order chi connectivity index (χ1) is 15.5. The van der Waals surface area contributed by atoms with Crippen molar-refractivity contribution in [2.24, 2.45) is 34.0 Å². The Balaban J connectivity index is 1.34. The van der Waals surface area contributed by atoms with Crippen molar-refractivity contribution in [2.45, 2.75) is 91.5 Å². The number of aliphatic hydroxyl groups is 1. The molecule has 1 aromatic carbocycles. The van der Waals surface area contributed by atoms with Gasteiger partial charge in [0.15, 0.2) is 5.79 Å². The number of ether oxygens (including phenoxy) is 1. The molecule has 3 fully saturated rings. The fourth-order valence-electron chi connectivity index (χ4n) is 8.39. The van der Waals surface area contributed by atoms with Crippen LogP contribution in [0.1, 0.15) is 84.6 Å². The zero-order valence-corrected chi connectivity index (χ0v) is 21.4. The van der Waals surface area contributed by atoms with Gasteiger partial charge < -0.3 is 9.84 Å². The maximum Gasteiger partial charge on any atom is 0.169 e. The number of halogens is 1. The molecule has 5 rings (SSSR count). The Hall–Kier alpha value is -1.16. The van der Waals surface area contributed by atoms with Gasteiger partial charge in [0.1, 0.15) is 5.78 Å². The normalized spacial score (nSPS) is 44.4. The first kappa shape index (κ1) is 23.6. The lowest BCUT2D eigenvalue weighted by Crippen LogP contribution is -2.54. The minimum absolute atomic E-state index is 0.124. The molecule has 1 N–H and O–H groups in total. The monoisotopic (exact) mass is 470 g/mol. The van der Waals surface area contributed by atoms with Crippen LogP contribution in [0.5, 0.6) is 0 Å². The summed E-state index contributed by atoms with van der Waals surface area (Å²) < 4.78 is 6.10. The van der Waals surface area contributed by atoms with Gasteiger partial charge in [0, 0.05) is 23.3 Å². The van der Waals surface area contributed by atoms with Gasteiger partial charge in [0.2, 0.25) is 0 Å². The summed E-state index contributed by atoms with van der Waals surface area (Å²) >= 11 is 5.99. The van der Waals surface area contributed by atoms with Gasteiger partial charge in [-0.05, 0) is 91.7 Å². The second-order valence-electron chi connectivity index (χ2n) is 12.2. The minimum atomic E-state index is -1.10. The summed E-state index contributed by atoms with van der Waals surface area (Å²) in [5.41, 5.74) is 2.51. The molecule has 0 spiro atoms. The van der Waals surface area contributed by atoms with Crippen molar-refractivity contribution in [3.05, 3.63) is 46.5 Å². The Labute approximate surface area is 203 Å². The first-order valence-electron chi connectivity index (χ1n) is 12.8. The van der Waals surface area contributed by atoms with Crippen molar-refractivity contribution < 1.29 is 14.6 Å². The molecule has 3 saturated carbocycles. The number of Topliss-reactive ketones (excluding diaryl/α,β-unsaturated/α-hetero) is 1. The van der Waals surface area contributed by atoms with E-state index < -0.39 is 5.79 Å². The van der Waals surface area contributed by atoms with E-state index in [1.807, 2.05) is 31.2 Å². The van der Waals surface area contributed by atoms with Crippen molar-refractivity contribution in [1.29, 1.82) is 0 Å². The topological polar surface area (TPSA) is 46.5 Å². The van der Waals surface area contributed by atoms with Crippen LogP contribution < -0.4 is 0 Å². The lowest BCUT2D eigenvalue weighted by molar-refractivity contribution is -0.231. The van der Waals surface area contributed by atoms with Crippen LogP contribution >= 0.6 is 11.6 Å². The first-order valence-corrected chi connectivity index (χ1v) is 13.2. The van der Waals surface area contributed by atoms with E-state index in [1.54, 1.807) is 0 Å². The van der Waals surface area contributed by atoms with Gasteiger partial charge in [-0.2, -0.15) is 0 Å². The molecular weight excluding hydrogens is 432 g/mol. The molecule has 180 valence electrons. The fourth-order valence-corrected chi connectivity index (χ4v) is 8.51. The van der Waals surface area contributed by atoms with Gasteiger partial charge in [-0.15, -0.1) is 0 Å². The van der Waals surface area contributed by atoms with E-state index in [1.165, 1.54) is 18.4 Å². The summed E-state index contributed by atoms with van der Waals surface area (Å²) in [7, 11) is 0. The Morgan fingerprint density at radius 2 is 1.76 bits per heavy atom. The zero-order valence-electron chi connectivity index (χ0n) is 20.6. The van der Waals surface area contributed by atoms with E-state index in [2.05, 4.69) is 26.8 Å². The number of hydrogen-bond donors (Lipinski definition) is 1. The molecule has 4 aliphatic rings. The van der Waals surface area contributed by atoms with Crippen molar-refractivity contribution in [3.8, 4) is 0 Å². The van der Waals surface area contributed by atoms with Crippen molar-refractivity contribution >= 4 is 17.4 Å². The fraction of sp³-hybridized carbons (Fsp3) is 0.690. The number of carbonyl (C=O) groups is 1. The minimum Gasteiger partial charge on any atom is -0.365 e. The number of carbonyl (C=O) groups excluding carboxylic acids is 1. The van der Waals surface area contributed by atoms with Gasteiger partial charge in [-0.25, -0.2) is 0 Å². The van der Waals surface area contributed by atoms with Gasteiger partial charge in [0.05, 0.1) is 6.61 Å². The van der Waals surface area contributed by atoms with Gasteiger partial charge in [0.25, 0.3) is 0 Å². The summed E-state index contributed by atoms with van der Waals surface area (Å²) in [5.74, 6) is 1.21. The highest BCUT2D eigenvalue weighted by Gasteiger charge is 2.64. The van der Waals surface area contributed by atoms with Crippen LogP contribution in [0.3, 0.4) is 0 Å². The largest absolute Gasteiger partial charge is 0.365 e. The van der Waals surface area contributed by atoms with E-state index in [0.717, 1.165) is 31.2 Å². The molecule has 0 saturated heterocycles. The third-order valence-electron chi connectivity index (χ3n) is 10.9. The maximum absolute atomic E-state index is 12.7. The quantitative estimate of drug-likeness (QED) is 0.377. The number of benzene rings is 1. The van der Waals surface area contributed by atoms with Crippen LogP contribution in [0.2, 0.25) is 5.02 Å². The lowest BCUT2D eigenvalue weighted by Gasteiger charge is -2.60. The van der Waals surface area contributed by atoms with E-state index in [-0.39, 0.29) is 16.2 Å². The number of allylic oxidation sites excluding steroid dienone is 1. The van der Waals surface area contributed by atoms with Crippen LogP contribution in [0.25, 0.3) is 0 Å². The summed E-state index contributed by atoms with van der Waals surface area (Å²) in [6.07, 6.45) is 10.3. The molecule has 0 amide bonds. The lowest BCUT2D eigenvalue weighted by atomic mass is 9.45. The highest BCUT2D eigenvalue weighted by molar-refractivity contribution is 6.30. The molecule has 3 nitrogen and oxygen atoms in total. The second-order valence-corrected chi connectivity index (χ2v) is 12.6. The van der Waals surface area contributed by atoms with Gasteiger partial charge in [-0.1, -0.05) is 56.2 Å². The predicted molar refractivity (Wildman–Crippen MR) is 132 cm³/mol. The molecular formula is C29H39ClO3. The maximum atomic E-state index is 12.7. The number of ketones is 1. The average molecular weight is 471 g/mol. The van der Waals surface area contributed by atoms with Gasteiger partial charge >= 0.3 is 0 Å². The molecule has 4 aliphatic carbocycles. The average Bonchev–Trinajstić information content (AvgIpc) is 3.06.